The quantitative estimate of drug-likeness (QED) is 0.848. The van der Waals surface area contributed by atoms with Crippen LogP contribution in [0, 0.1) is 5.92 Å². The second-order valence-corrected chi connectivity index (χ2v) is 8.83. The van der Waals surface area contributed by atoms with Crippen molar-refractivity contribution in [2.24, 2.45) is 5.92 Å². The molecule has 5 rings (SSSR count). The Morgan fingerprint density at radius 1 is 1.07 bits per heavy atom. The lowest BCUT2D eigenvalue weighted by atomic mass is 9.60. The monoisotopic (exact) mass is 405 g/mol. The van der Waals surface area contributed by atoms with Crippen LogP contribution < -0.4 is 0 Å². The zero-order chi connectivity index (χ0) is 20.7. The molecule has 30 heavy (non-hydrogen) atoms. The number of amides is 2. The Morgan fingerprint density at radius 2 is 1.80 bits per heavy atom. The first-order valence-electron chi connectivity index (χ1n) is 10.8. The summed E-state index contributed by atoms with van der Waals surface area (Å²) < 4.78 is 0. The molecule has 2 aromatic rings. The van der Waals surface area contributed by atoms with Crippen LogP contribution in [0.1, 0.15) is 47.5 Å². The van der Waals surface area contributed by atoms with Gasteiger partial charge in [-0.15, -0.1) is 0 Å². The third kappa shape index (κ3) is 2.85. The van der Waals surface area contributed by atoms with E-state index >= 15 is 0 Å². The normalized spacial score (nSPS) is 25.1. The van der Waals surface area contributed by atoms with Gasteiger partial charge in [-0.3, -0.25) is 14.6 Å². The van der Waals surface area contributed by atoms with Gasteiger partial charge in [0.1, 0.15) is 0 Å². The molecule has 6 nitrogen and oxygen atoms in total. The summed E-state index contributed by atoms with van der Waals surface area (Å²) in [7, 11) is 0. The van der Waals surface area contributed by atoms with Gasteiger partial charge in [0.2, 0.25) is 5.91 Å². The number of likely N-dealkylation sites (tertiary alicyclic amines) is 2. The van der Waals surface area contributed by atoms with Gasteiger partial charge in [0, 0.05) is 37.3 Å². The summed E-state index contributed by atoms with van der Waals surface area (Å²) in [6, 6.07) is 13.3. The van der Waals surface area contributed by atoms with Crippen molar-refractivity contribution in [1.29, 1.82) is 0 Å². The molecule has 0 bridgehead atoms. The van der Waals surface area contributed by atoms with Crippen molar-refractivity contribution in [2.45, 2.75) is 43.2 Å². The summed E-state index contributed by atoms with van der Waals surface area (Å²) in [6.45, 7) is 0.957. The highest BCUT2D eigenvalue weighted by molar-refractivity contribution is 5.96. The molecule has 1 N–H and O–H groups in total. The number of aliphatic hydroxyl groups is 1. The molecule has 1 saturated carbocycles. The molecule has 2 saturated heterocycles. The molecule has 0 radical (unpaired) electrons. The number of pyridine rings is 1. The molecule has 0 unspecified atom stereocenters. The number of rotatable bonds is 4. The molecule has 3 heterocycles. The maximum absolute atomic E-state index is 13.4. The summed E-state index contributed by atoms with van der Waals surface area (Å²) in [6.07, 6.45) is 7.41. The van der Waals surface area contributed by atoms with Crippen LogP contribution in [0.15, 0.2) is 54.9 Å². The summed E-state index contributed by atoms with van der Waals surface area (Å²) >= 11 is 0. The molecule has 3 aliphatic rings. The highest BCUT2D eigenvalue weighted by Crippen LogP contribution is 2.54. The molecule has 3 fully saturated rings. The van der Waals surface area contributed by atoms with Crippen molar-refractivity contribution in [3.63, 3.8) is 0 Å². The number of aliphatic hydroxyl groups excluding tert-OH is 1. The minimum atomic E-state index is -0.462. The fourth-order valence-corrected chi connectivity index (χ4v) is 5.82. The average molecular weight is 405 g/mol. The standard InChI is InChI=1S/C24H27N3O3/c28-14-20-21(17-7-2-1-3-8-17)24(27(20)23(30)19-11-6-12-25-13-19)15-26(16-24)22(29)18-9-4-5-10-18/h1-3,6-8,11-13,18,20-21,28H,4-5,9-10,14-16H2/t20-,21-/m1/s1. The van der Waals surface area contributed by atoms with E-state index in [4.69, 9.17) is 0 Å². The third-order valence-corrected chi connectivity index (χ3v) is 7.19. The van der Waals surface area contributed by atoms with Crippen molar-refractivity contribution < 1.29 is 14.7 Å². The van der Waals surface area contributed by atoms with Gasteiger partial charge in [0.05, 0.1) is 23.8 Å². The number of carbonyl (C=O) groups excluding carboxylic acids is 2. The number of nitrogens with zero attached hydrogens (tertiary/aromatic N) is 3. The molecular weight excluding hydrogens is 378 g/mol. The Morgan fingerprint density at radius 3 is 2.43 bits per heavy atom. The Hall–Kier alpha value is -2.73. The van der Waals surface area contributed by atoms with Crippen LogP contribution in [0.25, 0.3) is 0 Å². The first-order valence-corrected chi connectivity index (χ1v) is 10.8. The Bertz CT molecular complexity index is 921. The zero-order valence-corrected chi connectivity index (χ0v) is 17.0. The van der Waals surface area contributed by atoms with Gasteiger partial charge >= 0.3 is 0 Å². The Labute approximate surface area is 176 Å². The second-order valence-electron chi connectivity index (χ2n) is 8.83. The van der Waals surface area contributed by atoms with Crippen molar-refractivity contribution in [1.82, 2.24) is 14.8 Å². The van der Waals surface area contributed by atoms with E-state index in [-0.39, 0.29) is 36.3 Å². The molecule has 1 aromatic carbocycles. The number of hydrogen-bond acceptors (Lipinski definition) is 4. The van der Waals surface area contributed by atoms with Crippen molar-refractivity contribution in [2.75, 3.05) is 19.7 Å². The van der Waals surface area contributed by atoms with Crippen LogP contribution in [-0.2, 0) is 4.79 Å². The maximum Gasteiger partial charge on any atom is 0.256 e. The molecule has 1 aliphatic carbocycles. The molecule has 1 aromatic heterocycles. The molecule has 2 atom stereocenters. The molecule has 2 aliphatic heterocycles. The summed E-state index contributed by atoms with van der Waals surface area (Å²) in [5, 5.41) is 10.2. The summed E-state index contributed by atoms with van der Waals surface area (Å²) in [5.41, 5.74) is 1.16. The topological polar surface area (TPSA) is 73.7 Å². The number of carbonyl (C=O) groups is 2. The highest BCUT2D eigenvalue weighted by Gasteiger charge is 2.68. The Kier molecular flexibility index (Phi) is 4.82. The first-order chi connectivity index (χ1) is 14.7. The lowest BCUT2D eigenvalue weighted by Gasteiger charge is -2.70. The predicted molar refractivity (Wildman–Crippen MR) is 112 cm³/mol. The third-order valence-electron chi connectivity index (χ3n) is 7.19. The van der Waals surface area contributed by atoms with Crippen LogP contribution >= 0.6 is 0 Å². The number of hydrogen-bond donors (Lipinski definition) is 1. The smallest absolute Gasteiger partial charge is 0.256 e. The van der Waals surface area contributed by atoms with Crippen LogP contribution in [0.5, 0.6) is 0 Å². The molecule has 1 spiro atoms. The first kappa shape index (κ1) is 19.2. The maximum atomic E-state index is 13.4. The van der Waals surface area contributed by atoms with Crippen LogP contribution in [0.2, 0.25) is 0 Å². The van der Waals surface area contributed by atoms with E-state index in [1.165, 1.54) is 0 Å². The van der Waals surface area contributed by atoms with Gasteiger partial charge in [-0.05, 0) is 30.5 Å². The largest absolute Gasteiger partial charge is 0.394 e. The predicted octanol–water partition coefficient (Wildman–Crippen LogP) is 2.45. The minimum absolute atomic E-state index is 0.0111. The zero-order valence-electron chi connectivity index (χ0n) is 17.0. The van der Waals surface area contributed by atoms with Crippen molar-refractivity contribution in [3.8, 4) is 0 Å². The minimum Gasteiger partial charge on any atom is -0.394 e. The van der Waals surface area contributed by atoms with E-state index in [9.17, 15) is 14.7 Å². The second kappa shape index (κ2) is 7.51. The van der Waals surface area contributed by atoms with E-state index < -0.39 is 5.54 Å². The van der Waals surface area contributed by atoms with E-state index in [1.807, 2.05) is 28.0 Å². The van der Waals surface area contributed by atoms with Gasteiger partial charge in [-0.1, -0.05) is 43.2 Å². The van der Waals surface area contributed by atoms with Gasteiger partial charge in [0.25, 0.3) is 5.91 Å². The highest BCUT2D eigenvalue weighted by atomic mass is 16.3. The molecule has 156 valence electrons. The van der Waals surface area contributed by atoms with E-state index in [0.717, 1.165) is 31.2 Å². The lowest BCUT2D eigenvalue weighted by molar-refractivity contribution is -0.181. The van der Waals surface area contributed by atoms with Gasteiger partial charge in [-0.2, -0.15) is 0 Å². The molecule has 2 amide bonds. The lowest BCUT2D eigenvalue weighted by Crippen LogP contribution is -2.86. The van der Waals surface area contributed by atoms with Crippen LogP contribution in [0.3, 0.4) is 0 Å². The van der Waals surface area contributed by atoms with Gasteiger partial charge in [-0.25, -0.2) is 0 Å². The fourth-order valence-electron chi connectivity index (χ4n) is 5.82. The molecule has 6 heteroatoms. The van der Waals surface area contributed by atoms with E-state index in [0.29, 0.717) is 18.7 Å². The average Bonchev–Trinajstić information content (AvgIpc) is 3.28. The Balaban J connectivity index is 1.45. The van der Waals surface area contributed by atoms with Crippen LogP contribution in [-0.4, -0.2) is 63.0 Å². The van der Waals surface area contributed by atoms with Gasteiger partial charge < -0.3 is 14.9 Å². The molecular formula is C24H27N3O3. The van der Waals surface area contributed by atoms with Crippen molar-refractivity contribution in [3.05, 3.63) is 66.0 Å². The van der Waals surface area contributed by atoms with Crippen LogP contribution in [0.4, 0.5) is 0 Å². The summed E-state index contributed by atoms with van der Waals surface area (Å²) in [4.78, 5) is 34.2. The van der Waals surface area contributed by atoms with E-state index in [1.54, 1.807) is 24.5 Å². The SMILES string of the molecule is O=C(C1CCCC1)N1CC2(C1)[C@H](c1ccccc1)[C@@H](CO)N2C(=O)c1cccnc1. The summed E-state index contributed by atoms with van der Waals surface area (Å²) in [5.74, 6) is 0.249. The van der Waals surface area contributed by atoms with E-state index in [2.05, 4.69) is 17.1 Å². The number of benzene rings is 1. The number of aromatic nitrogens is 1. The van der Waals surface area contributed by atoms with Gasteiger partial charge in [0.15, 0.2) is 0 Å². The fraction of sp³-hybridized carbons (Fsp3) is 0.458. The van der Waals surface area contributed by atoms with Crippen molar-refractivity contribution >= 4 is 11.8 Å².